The largest absolute Gasteiger partial charge is 0.594 e. The smallest absolute Gasteiger partial charge is 0.373 e. The highest BCUT2D eigenvalue weighted by atomic mass is 16.5. The van der Waals surface area contributed by atoms with Crippen LogP contribution in [0.2, 0.25) is 0 Å². The highest BCUT2D eigenvalue weighted by Crippen LogP contribution is 2.33. The van der Waals surface area contributed by atoms with Crippen molar-refractivity contribution in [2.75, 3.05) is 36.6 Å². The summed E-state index contributed by atoms with van der Waals surface area (Å²) in [6.07, 6.45) is 2.01. The van der Waals surface area contributed by atoms with E-state index >= 15 is 0 Å². The van der Waals surface area contributed by atoms with E-state index in [0.29, 0.717) is 82.7 Å². The van der Waals surface area contributed by atoms with Crippen molar-refractivity contribution in [2.24, 2.45) is 5.11 Å². The Bertz CT molecular complexity index is 2620. The van der Waals surface area contributed by atoms with Gasteiger partial charge in [0.15, 0.2) is 5.69 Å². The van der Waals surface area contributed by atoms with Gasteiger partial charge in [-0.3, -0.25) is 9.59 Å². The van der Waals surface area contributed by atoms with E-state index in [0.717, 1.165) is 22.5 Å². The standard InChI is InChI=1S/C43H40N8O6.CO2/c1-5-37-35-23-25-47(41(52)39(35)49(45-37)32-19-21-34(56-4)22-20-32)29-13-9-28(10-14-29)44-51(55)33-17-15-30(16-18-33)48-26-24-36-38(43(54)57-6-2)46-50(40(36)42(48)53)31-11-7-27(3)8-12-31;2-1-3/h7-22H,5-6,23-26H2,1-4H3;. The number of esters is 1. The van der Waals surface area contributed by atoms with Crippen LogP contribution >= 0.6 is 0 Å². The zero-order chi connectivity index (χ0) is 42.5. The van der Waals surface area contributed by atoms with Crippen molar-refractivity contribution >= 4 is 46.7 Å². The van der Waals surface area contributed by atoms with Gasteiger partial charge in [0.05, 0.1) is 30.8 Å². The molecule has 2 amide bonds. The van der Waals surface area contributed by atoms with Gasteiger partial charge in [-0.05, 0) is 106 Å². The minimum atomic E-state index is -0.572. The van der Waals surface area contributed by atoms with E-state index in [4.69, 9.17) is 24.2 Å². The lowest BCUT2D eigenvalue weighted by molar-refractivity contribution is -0.435. The van der Waals surface area contributed by atoms with E-state index in [1.54, 1.807) is 77.0 Å². The van der Waals surface area contributed by atoms with E-state index in [2.05, 4.69) is 10.2 Å². The Morgan fingerprint density at radius 3 is 1.80 bits per heavy atom. The summed E-state index contributed by atoms with van der Waals surface area (Å²) >= 11 is 0. The Hall–Kier alpha value is -7.71. The first kappa shape index (κ1) is 40.5. The van der Waals surface area contributed by atoms with Crippen molar-refractivity contribution in [3.8, 4) is 17.1 Å². The number of nitrogens with zero attached hydrogens (tertiary/aromatic N) is 8. The summed E-state index contributed by atoms with van der Waals surface area (Å²) in [7, 11) is 1.61. The quantitative estimate of drug-likeness (QED) is 0.0613. The summed E-state index contributed by atoms with van der Waals surface area (Å²) in [4.78, 5) is 61.0. The van der Waals surface area contributed by atoms with Gasteiger partial charge in [0.1, 0.15) is 22.8 Å². The number of anilines is 2. The average molecular weight is 809 g/mol. The molecule has 4 aromatic carbocycles. The lowest BCUT2D eigenvalue weighted by Crippen LogP contribution is -2.39. The zero-order valence-corrected chi connectivity index (χ0v) is 33.3. The number of azo groups is 1. The first-order valence-electron chi connectivity index (χ1n) is 19.2. The number of carbonyl (C=O) groups excluding carboxylic acids is 5. The van der Waals surface area contributed by atoms with Gasteiger partial charge < -0.3 is 24.5 Å². The third kappa shape index (κ3) is 7.78. The number of methoxy groups -OCH3 is 1. The van der Waals surface area contributed by atoms with Crippen molar-refractivity contribution in [3.63, 3.8) is 0 Å². The minimum absolute atomic E-state index is 0.131. The third-order valence-corrected chi connectivity index (χ3v) is 10.3. The van der Waals surface area contributed by atoms with E-state index in [-0.39, 0.29) is 36.0 Å². The number of carbonyl (C=O) groups is 3. The molecule has 0 aliphatic carbocycles. The van der Waals surface area contributed by atoms with E-state index in [9.17, 15) is 19.6 Å². The van der Waals surface area contributed by atoms with Crippen molar-refractivity contribution < 1.29 is 38.3 Å². The second kappa shape index (κ2) is 17.4. The lowest BCUT2D eigenvalue weighted by Gasteiger charge is -2.28. The van der Waals surface area contributed by atoms with Crippen LogP contribution in [0.25, 0.3) is 11.4 Å². The molecular weight excluding hydrogens is 769 g/mol. The summed E-state index contributed by atoms with van der Waals surface area (Å²) in [6.45, 7) is 6.71. The summed E-state index contributed by atoms with van der Waals surface area (Å²) in [5.41, 5.74) is 7.75. The number of aryl methyl sites for hydroxylation is 2. The fourth-order valence-corrected chi connectivity index (χ4v) is 7.34. The molecule has 2 aromatic heterocycles. The molecule has 0 fully saturated rings. The predicted molar refractivity (Wildman–Crippen MR) is 218 cm³/mol. The monoisotopic (exact) mass is 808 g/mol. The molecule has 4 heterocycles. The Morgan fingerprint density at radius 1 is 0.750 bits per heavy atom. The molecule has 0 spiro atoms. The van der Waals surface area contributed by atoms with Crippen LogP contribution in [-0.2, 0) is 33.6 Å². The van der Waals surface area contributed by atoms with E-state index in [1.165, 1.54) is 4.68 Å². The van der Waals surface area contributed by atoms with Crippen LogP contribution in [0.5, 0.6) is 5.75 Å². The Kier molecular flexibility index (Phi) is 11.8. The van der Waals surface area contributed by atoms with Crippen LogP contribution < -0.4 is 14.5 Å². The van der Waals surface area contributed by atoms with E-state index in [1.807, 2.05) is 62.4 Å². The van der Waals surface area contributed by atoms with Crippen molar-refractivity contribution in [1.29, 1.82) is 0 Å². The average Bonchev–Trinajstić information content (AvgIpc) is 3.85. The van der Waals surface area contributed by atoms with Crippen LogP contribution in [-0.4, -0.2) is 75.2 Å². The fourth-order valence-electron chi connectivity index (χ4n) is 7.34. The Balaban J connectivity index is 0.00000176. The van der Waals surface area contributed by atoms with Crippen molar-refractivity contribution in [1.82, 2.24) is 19.6 Å². The molecule has 0 unspecified atom stereocenters. The number of benzene rings is 4. The Labute approximate surface area is 344 Å². The maximum Gasteiger partial charge on any atom is 0.373 e. The van der Waals surface area contributed by atoms with Crippen molar-refractivity contribution in [2.45, 2.75) is 40.0 Å². The molecule has 6 aromatic rings. The molecular formula is C44H40N8O8. The second-order valence-corrected chi connectivity index (χ2v) is 13.8. The molecule has 0 saturated carbocycles. The topological polar surface area (TPSA) is 184 Å². The molecule has 0 saturated heterocycles. The summed E-state index contributed by atoms with van der Waals surface area (Å²) in [5.74, 6) is -0.336. The molecule has 16 heteroatoms. The second-order valence-electron chi connectivity index (χ2n) is 13.8. The van der Waals surface area contributed by atoms with Gasteiger partial charge in [-0.1, -0.05) is 29.5 Å². The SMILES string of the molecule is CCOC(=O)c1nn(-c2ccc(C)cc2)c2c1CCN(c1ccc([N+]([O-])=Nc3ccc(N4CCc5c(CC)nn(-c6ccc(OC)cc6)c5C4=O)cc3)cc1)C2=O.O=C=O. The van der Waals surface area contributed by atoms with Gasteiger partial charge in [-0.2, -0.15) is 19.8 Å². The molecule has 304 valence electrons. The first-order valence-corrected chi connectivity index (χ1v) is 19.2. The molecule has 0 N–H and O–H groups in total. The predicted octanol–water partition coefficient (Wildman–Crippen LogP) is 6.86. The summed E-state index contributed by atoms with van der Waals surface area (Å²) in [6, 6.07) is 28.5. The molecule has 60 heavy (non-hydrogen) atoms. The number of aromatic nitrogens is 4. The summed E-state index contributed by atoms with van der Waals surface area (Å²) in [5, 5.41) is 26.8. The molecule has 0 bridgehead atoms. The number of ether oxygens (including phenoxy) is 2. The lowest BCUT2D eigenvalue weighted by atomic mass is 10.0. The number of hydrogen-bond donors (Lipinski definition) is 0. The Morgan fingerprint density at radius 2 is 1.25 bits per heavy atom. The number of rotatable bonds is 10. The van der Waals surface area contributed by atoms with Crippen LogP contribution in [0.15, 0.2) is 102 Å². The normalized spacial score (nSPS) is 13.5. The first-order chi connectivity index (χ1) is 29.1. The summed E-state index contributed by atoms with van der Waals surface area (Å²) < 4.78 is 13.8. The molecule has 0 radical (unpaired) electrons. The van der Waals surface area contributed by atoms with Gasteiger partial charge in [0, 0.05) is 52.8 Å². The minimum Gasteiger partial charge on any atom is -0.594 e. The maximum absolute atomic E-state index is 14.1. The molecule has 2 aliphatic heterocycles. The maximum atomic E-state index is 14.1. The zero-order valence-electron chi connectivity index (χ0n) is 33.3. The van der Waals surface area contributed by atoms with Gasteiger partial charge in [-0.25, -0.2) is 14.2 Å². The van der Waals surface area contributed by atoms with Crippen LogP contribution in [0, 0.1) is 12.1 Å². The molecule has 16 nitrogen and oxygen atoms in total. The fraction of sp³-hybridized carbons (Fsp3) is 0.227. The number of hydrogen-bond acceptors (Lipinski definition) is 11. The van der Waals surface area contributed by atoms with Crippen LogP contribution in [0.3, 0.4) is 0 Å². The number of fused-ring (bicyclic) bond motifs is 2. The highest BCUT2D eigenvalue weighted by Gasteiger charge is 2.36. The van der Waals surface area contributed by atoms with Crippen LogP contribution in [0.1, 0.15) is 67.7 Å². The van der Waals surface area contributed by atoms with Gasteiger partial charge >= 0.3 is 12.1 Å². The highest BCUT2D eigenvalue weighted by molar-refractivity contribution is 6.09. The van der Waals surface area contributed by atoms with Crippen molar-refractivity contribution in [3.05, 3.63) is 142 Å². The van der Waals surface area contributed by atoms with Crippen LogP contribution in [0.4, 0.5) is 22.7 Å². The third-order valence-electron chi connectivity index (χ3n) is 10.3. The van der Waals surface area contributed by atoms with E-state index < -0.39 is 5.97 Å². The van der Waals surface area contributed by atoms with Gasteiger partial charge in [0.2, 0.25) is 5.69 Å². The van der Waals surface area contributed by atoms with Gasteiger partial charge in [-0.15, -0.1) is 0 Å². The molecule has 2 aliphatic rings. The van der Waals surface area contributed by atoms with Gasteiger partial charge in [0.25, 0.3) is 11.8 Å². The molecule has 0 atom stereocenters. The molecule has 8 rings (SSSR count). The number of amides is 2.